The van der Waals surface area contributed by atoms with Crippen molar-refractivity contribution in [2.45, 2.75) is 6.42 Å². The molecule has 2 amide bonds. The number of aromatic nitrogens is 1. The number of pyridine rings is 1. The van der Waals surface area contributed by atoms with Crippen molar-refractivity contribution in [3.05, 3.63) is 90.1 Å². The van der Waals surface area contributed by atoms with Crippen LogP contribution in [-0.2, 0) is 11.2 Å². The molecule has 0 atom stereocenters. The summed E-state index contributed by atoms with van der Waals surface area (Å²) in [5, 5.41) is 3.84. The van der Waals surface area contributed by atoms with Crippen LogP contribution in [0.25, 0.3) is 10.9 Å². The third kappa shape index (κ3) is 5.54. The predicted molar refractivity (Wildman–Crippen MR) is 148 cm³/mol. The lowest BCUT2D eigenvalue weighted by atomic mass is 10.1. The average Bonchev–Trinajstić information content (AvgIpc) is 2.97. The smallest absolute Gasteiger partial charge is 0.272 e. The van der Waals surface area contributed by atoms with E-state index in [2.05, 4.69) is 15.2 Å². The van der Waals surface area contributed by atoms with Gasteiger partial charge in [0.25, 0.3) is 5.91 Å². The number of hydrogen-bond donors (Lipinski definition) is 1. The van der Waals surface area contributed by atoms with E-state index < -0.39 is 0 Å². The molecule has 1 aliphatic rings. The van der Waals surface area contributed by atoms with Crippen LogP contribution in [0, 0.1) is 0 Å². The number of benzene rings is 3. The summed E-state index contributed by atoms with van der Waals surface area (Å²) in [6.07, 6.45) is 0.291. The van der Waals surface area contributed by atoms with E-state index in [1.165, 1.54) is 0 Å². The molecule has 0 saturated carbocycles. The van der Waals surface area contributed by atoms with Gasteiger partial charge in [-0.25, -0.2) is 4.98 Å². The molecule has 1 saturated heterocycles. The Labute approximate surface area is 221 Å². The van der Waals surface area contributed by atoms with Crippen LogP contribution in [-0.4, -0.2) is 62.1 Å². The van der Waals surface area contributed by atoms with Crippen LogP contribution >= 0.6 is 0 Å². The first-order chi connectivity index (χ1) is 18.5. The number of methoxy groups -OCH3 is 2. The first-order valence-corrected chi connectivity index (χ1v) is 12.5. The predicted octanol–water partition coefficient (Wildman–Crippen LogP) is 4.40. The number of fused-ring (bicyclic) bond motifs is 1. The van der Waals surface area contributed by atoms with Crippen molar-refractivity contribution in [2.75, 3.05) is 50.6 Å². The van der Waals surface area contributed by atoms with Crippen molar-refractivity contribution >= 4 is 34.1 Å². The first-order valence-electron chi connectivity index (χ1n) is 12.5. The zero-order valence-electron chi connectivity index (χ0n) is 21.5. The molecule has 0 bridgehead atoms. The maximum absolute atomic E-state index is 13.2. The molecule has 0 radical (unpaired) electrons. The van der Waals surface area contributed by atoms with Crippen molar-refractivity contribution in [1.82, 2.24) is 9.88 Å². The second-order valence-corrected chi connectivity index (χ2v) is 9.13. The van der Waals surface area contributed by atoms with Crippen LogP contribution in [0.1, 0.15) is 16.1 Å². The molecule has 0 unspecified atom stereocenters. The van der Waals surface area contributed by atoms with Crippen molar-refractivity contribution in [1.29, 1.82) is 0 Å². The number of amides is 2. The lowest BCUT2D eigenvalue weighted by Crippen LogP contribution is -2.49. The van der Waals surface area contributed by atoms with Gasteiger partial charge in [0.1, 0.15) is 17.2 Å². The van der Waals surface area contributed by atoms with E-state index in [4.69, 9.17) is 9.47 Å². The zero-order chi connectivity index (χ0) is 26.5. The highest BCUT2D eigenvalue weighted by Gasteiger charge is 2.24. The van der Waals surface area contributed by atoms with Crippen LogP contribution in [0.15, 0.2) is 78.9 Å². The molecular formula is C30H30N4O4. The fraction of sp³-hybridized carbons (Fsp3) is 0.233. The topological polar surface area (TPSA) is 84.0 Å². The Balaban J connectivity index is 1.16. The first kappa shape index (κ1) is 25.1. The molecule has 4 aromatic rings. The number of hydrogen-bond acceptors (Lipinski definition) is 6. The third-order valence-corrected chi connectivity index (χ3v) is 6.72. The quantitative estimate of drug-likeness (QED) is 0.397. The Morgan fingerprint density at radius 3 is 2.26 bits per heavy atom. The van der Waals surface area contributed by atoms with Gasteiger partial charge >= 0.3 is 0 Å². The van der Waals surface area contributed by atoms with Crippen molar-refractivity contribution in [3.63, 3.8) is 0 Å². The van der Waals surface area contributed by atoms with Gasteiger partial charge in [0.05, 0.1) is 26.2 Å². The Hall–Kier alpha value is -4.59. The normalized spacial score (nSPS) is 13.3. The van der Waals surface area contributed by atoms with Crippen LogP contribution < -0.4 is 19.7 Å². The Kier molecular flexibility index (Phi) is 7.40. The Morgan fingerprint density at radius 1 is 0.868 bits per heavy atom. The summed E-state index contributed by atoms with van der Waals surface area (Å²) >= 11 is 0. The molecule has 1 N–H and O–H groups in total. The molecule has 5 rings (SSSR count). The van der Waals surface area contributed by atoms with Gasteiger partial charge in [-0.1, -0.05) is 24.3 Å². The highest BCUT2D eigenvalue weighted by atomic mass is 16.5. The summed E-state index contributed by atoms with van der Waals surface area (Å²) in [5.74, 6) is 1.24. The van der Waals surface area contributed by atoms with Gasteiger partial charge < -0.3 is 24.6 Å². The highest BCUT2D eigenvalue weighted by molar-refractivity contribution is 5.97. The zero-order valence-corrected chi connectivity index (χ0v) is 21.5. The van der Waals surface area contributed by atoms with E-state index in [0.717, 1.165) is 33.6 Å². The highest BCUT2D eigenvalue weighted by Crippen LogP contribution is 2.26. The minimum atomic E-state index is -0.0939. The number of nitrogens with one attached hydrogen (secondary N) is 1. The minimum absolute atomic E-state index is 0.0750. The van der Waals surface area contributed by atoms with Gasteiger partial charge in [-0.3, -0.25) is 9.59 Å². The molecule has 2 heterocycles. The SMILES string of the molecule is COc1ccc(CC(=O)Nc2ccc(N3CCN(C(=O)c4cc(OC)c5ccccc5n4)CC3)cc2)cc1. The molecule has 1 fully saturated rings. The molecule has 0 aliphatic carbocycles. The van der Waals surface area contributed by atoms with Gasteiger partial charge in [-0.05, 0) is 54.1 Å². The monoisotopic (exact) mass is 510 g/mol. The summed E-state index contributed by atoms with van der Waals surface area (Å²) < 4.78 is 10.7. The Bertz CT molecular complexity index is 1430. The van der Waals surface area contributed by atoms with E-state index in [-0.39, 0.29) is 11.8 Å². The number of carbonyl (C=O) groups excluding carboxylic acids is 2. The lowest BCUT2D eigenvalue weighted by molar-refractivity contribution is -0.115. The molecule has 38 heavy (non-hydrogen) atoms. The van der Waals surface area contributed by atoms with E-state index in [0.29, 0.717) is 44.0 Å². The fourth-order valence-electron chi connectivity index (χ4n) is 4.64. The fourth-order valence-corrected chi connectivity index (χ4v) is 4.64. The van der Waals surface area contributed by atoms with Gasteiger partial charge in [-0.2, -0.15) is 0 Å². The molecule has 1 aromatic heterocycles. The molecule has 0 spiro atoms. The van der Waals surface area contributed by atoms with Crippen LogP contribution in [0.2, 0.25) is 0 Å². The molecule has 8 heteroatoms. The minimum Gasteiger partial charge on any atom is -0.497 e. The molecular weight excluding hydrogens is 480 g/mol. The van der Waals surface area contributed by atoms with Crippen LogP contribution in [0.3, 0.4) is 0 Å². The summed E-state index contributed by atoms with van der Waals surface area (Å²) in [4.78, 5) is 34.3. The largest absolute Gasteiger partial charge is 0.497 e. The summed E-state index contributed by atoms with van der Waals surface area (Å²) in [6.45, 7) is 2.60. The molecule has 194 valence electrons. The molecule has 3 aromatic carbocycles. The van der Waals surface area contributed by atoms with Gasteiger partial charge in [0.15, 0.2) is 0 Å². The number of ether oxygens (including phenoxy) is 2. The van der Waals surface area contributed by atoms with Crippen LogP contribution in [0.5, 0.6) is 11.5 Å². The van der Waals surface area contributed by atoms with Crippen molar-refractivity contribution in [2.24, 2.45) is 0 Å². The maximum Gasteiger partial charge on any atom is 0.272 e. The van der Waals surface area contributed by atoms with Crippen molar-refractivity contribution in [3.8, 4) is 11.5 Å². The summed E-state index contributed by atoms with van der Waals surface area (Å²) in [5.41, 5.74) is 3.85. The number of piperazine rings is 1. The van der Waals surface area contributed by atoms with E-state index in [1.54, 1.807) is 20.3 Å². The van der Waals surface area contributed by atoms with Gasteiger partial charge in [0, 0.05) is 49.0 Å². The average molecular weight is 511 g/mol. The van der Waals surface area contributed by atoms with E-state index in [1.807, 2.05) is 77.7 Å². The second-order valence-electron chi connectivity index (χ2n) is 9.13. The standard InChI is InChI=1S/C30H30N4O4/c1-37-24-13-7-21(8-14-24)19-29(35)31-22-9-11-23(12-10-22)33-15-17-34(18-16-33)30(36)27-20-28(38-2)25-5-3-4-6-26(25)32-27/h3-14,20H,15-19H2,1-2H3,(H,31,35). The number of anilines is 2. The third-order valence-electron chi connectivity index (χ3n) is 6.72. The second kappa shape index (κ2) is 11.2. The number of nitrogens with zero attached hydrogens (tertiary/aromatic N) is 3. The van der Waals surface area contributed by atoms with Crippen molar-refractivity contribution < 1.29 is 19.1 Å². The number of rotatable bonds is 7. The van der Waals surface area contributed by atoms with E-state index in [9.17, 15) is 9.59 Å². The lowest BCUT2D eigenvalue weighted by Gasteiger charge is -2.36. The van der Waals surface area contributed by atoms with Crippen LogP contribution in [0.4, 0.5) is 11.4 Å². The summed E-state index contributed by atoms with van der Waals surface area (Å²) in [6, 6.07) is 24.6. The summed E-state index contributed by atoms with van der Waals surface area (Å²) in [7, 11) is 3.22. The molecule has 1 aliphatic heterocycles. The maximum atomic E-state index is 13.2. The number of para-hydroxylation sites is 1. The molecule has 8 nitrogen and oxygen atoms in total. The Morgan fingerprint density at radius 2 is 1.58 bits per heavy atom. The van der Waals surface area contributed by atoms with E-state index >= 15 is 0 Å². The van der Waals surface area contributed by atoms with Gasteiger partial charge in [0.2, 0.25) is 5.91 Å². The number of carbonyl (C=O) groups is 2. The van der Waals surface area contributed by atoms with Gasteiger partial charge in [-0.15, -0.1) is 0 Å².